The fourth-order valence-electron chi connectivity index (χ4n) is 2.89. The van der Waals surface area contributed by atoms with Gasteiger partial charge in [-0.05, 0) is 43.7 Å². The standard InChI is InChI=1S/C17H26N2O2S/c1-5-13(6-2)18-16(20)11-7-8-14-12(9-11)10-15(22-14)17(21)19(3)4/h10-11,13H,5-9H2,1-4H3,(H,18,20). The fraction of sp³-hybridized carbons (Fsp3) is 0.647. The van der Waals surface area contributed by atoms with Gasteiger partial charge in [-0.2, -0.15) is 0 Å². The first-order valence-corrected chi connectivity index (χ1v) is 8.91. The second kappa shape index (κ2) is 7.27. The molecule has 0 spiro atoms. The van der Waals surface area contributed by atoms with Gasteiger partial charge in [0.2, 0.25) is 5.91 Å². The van der Waals surface area contributed by atoms with Gasteiger partial charge >= 0.3 is 0 Å². The van der Waals surface area contributed by atoms with Crippen LogP contribution >= 0.6 is 11.3 Å². The first-order valence-electron chi connectivity index (χ1n) is 8.09. The summed E-state index contributed by atoms with van der Waals surface area (Å²) < 4.78 is 0. The number of amides is 2. The maximum absolute atomic E-state index is 12.4. The maximum Gasteiger partial charge on any atom is 0.263 e. The average molecular weight is 322 g/mol. The molecule has 0 radical (unpaired) electrons. The van der Waals surface area contributed by atoms with Crippen molar-refractivity contribution < 1.29 is 9.59 Å². The van der Waals surface area contributed by atoms with Crippen molar-refractivity contribution in [3.63, 3.8) is 0 Å². The third-order valence-corrected chi connectivity index (χ3v) is 5.63. The van der Waals surface area contributed by atoms with Gasteiger partial charge in [0.25, 0.3) is 5.91 Å². The van der Waals surface area contributed by atoms with Crippen molar-refractivity contribution in [2.24, 2.45) is 5.92 Å². The van der Waals surface area contributed by atoms with E-state index >= 15 is 0 Å². The van der Waals surface area contributed by atoms with Crippen LogP contribution in [-0.4, -0.2) is 36.9 Å². The van der Waals surface area contributed by atoms with E-state index in [4.69, 9.17) is 0 Å². The molecule has 0 bridgehead atoms. The van der Waals surface area contributed by atoms with Gasteiger partial charge in [0.1, 0.15) is 0 Å². The zero-order valence-electron chi connectivity index (χ0n) is 13.9. The van der Waals surface area contributed by atoms with E-state index < -0.39 is 0 Å². The molecule has 0 saturated carbocycles. The van der Waals surface area contributed by atoms with E-state index in [-0.39, 0.29) is 23.8 Å². The number of nitrogens with one attached hydrogen (secondary N) is 1. The molecule has 0 aromatic carbocycles. The molecule has 0 saturated heterocycles. The number of rotatable bonds is 5. The molecule has 4 nitrogen and oxygen atoms in total. The highest BCUT2D eigenvalue weighted by molar-refractivity contribution is 7.14. The minimum absolute atomic E-state index is 0.0463. The Hall–Kier alpha value is -1.36. The van der Waals surface area contributed by atoms with Crippen molar-refractivity contribution in [2.45, 2.75) is 52.0 Å². The first kappa shape index (κ1) is 17.0. The molecule has 1 aromatic heterocycles. The molecular weight excluding hydrogens is 296 g/mol. The molecule has 1 atom stereocenters. The zero-order chi connectivity index (χ0) is 16.3. The molecule has 0 aliphatic heterocycles. The Morgan fingerprint density at radius 1 is 1.36 bits per heavy atom. The summed E-state index contributed by atoms with van der Waals surface area (Å²) in [7, 11) is 3.54. The van der Waals surface area contributed by atoms with E-state index in [1.807, 2.05) is 6.07 Å². The summed E-state index contributed by atoms with van der Waals surface area (Å²) in [5, 5.41) is 3.15. The van der Waals surface area contributed by atoms with Gasteiger partial charge in [-0.1, -0.05) is 13.8 Å². The van der Waals surface area contributed by atoms with Crippen LogP contribution in [0.5, 0.6) is 0 Å². The number of hydrogen-bond donors (Lipinski definition) is 1. The largest absolute Gasteiger partial charge is 0.353 e. The molecule has 122 valence electrons. The summed E-state index contributed by atoms with van der Waals surface area (Å²) in [5.41, 5.74) is 1.19. The summed E-state index contributed by atoms with van der Waals surface area (Å²) in [6.07, 6.45) is 4.50. The van der Waals surface area contributed by atoms with E-state index in [0.29, 0.717) is 0 Å². The lowest BCUT2D eigenvalue weighted by Crippen LogP contribution is -2.39. The third-order valence-electron chi connectivity index (χ3n) is 4.40. The van der Waals surface area contributed by atoms with Gasteiger partial charge in [-0.15, -0.1) is 11.3 Å². The quantitative estimate of drug-likeness (QED) is 0.906. The van der Waals surface area contributed by atoms with Crippen molar-refractivity contribution in [1.82, 2.24) is 10.2 Å². The van der Waals surface area contributed by atoms with Crippen LogP contribution in [0.4, 0.5) is 0 Å². The predicted molar refractivity (Wildman–Crippen MR) is 90.4 cm³/mol. The number of hydrogen-bond acceptors (Lipinski definition) is 3. The van der Waals surface area contributed by atoms with E-state index in [1.54, 1.807) is 30.3 Å². The van der Waals surface area contributed by atoms with Crippen molar-refractivity contribution in [2.75, 3.05) is 14.1 Å². The lowest BCUT2D eigenvalue weighted by Gasteiger charge is -2.24. The van der Waals surface area contributed by atoms with Gasteiger partial charge < -0.3 is 10.2 Å². The molecule has 22 heavy (non-hydrogen) atoms. The summed E-state index contributed by atoms with van der Waals surface area (Å²) in [6.45, 7) is 4.21. The lowest BCUT2D eigenvalue weighted by molar-refractivity contribution is -0.126. The van der Waals surface area contributed by atoms with Crippen LogP contribution in [-0.2, 0) is 17.6 Å². The fourth-order valence-corrected chi connectivity index (χ4v) is 4.11. The average Bonchev–Trinajstić information content (AvgIpc) is 2.94. The Kier molecular flexibility index (Phi) is 5.62. The Labute approximate surface area is 136 Å². The highest BCUT2D eigenvalue weighted by Gasteiger charge is 2.28. The van der Waals surface area contributed by atoms with E-state index in [0.717, 1.165) is 37.0 Å². The summed E-state index contributed by atoms with van der Waals surface area (Å²) in [5.74, 6) is 0.272. The zero-order valence-corrected chi connectivity index (χ0v) is 14.8. The van der Waals surface area contributed by atoms with Gasteiger partial charge in [0.05, 0.1) is 4.88 Å². The van der Waals surface area contributed by atoms with Gasteiger partial charge in [0, 0.05) is 30.9 Å². The molecule has 1 aromatic rings. The minimum atomic E-state index is 0.0463. The highest BCUT2D eigenvalue weighted by Crippen LogP contribution is 2.33. The summed E-state index contributed by atoms with van der Waals surface area (Å²) in [6, 6.07) is 2.26. The maximum atomic E-state index is 12.4. The van der Waals surface area contributed by atoms with Gasteiger partial charge in [0.15, 0.2) is 0 Å². The first-order chi connectivity index (χ1) is 10.5. The lowest BCUT2D eigenvalue weighted by atomic mass is 9.87. The van der Waals surface area contributed by atoms with Crippen LogP contribution in [0.1, 0.15) is 53.2 Å². The normalized spacial score (nSPS) is 17.2. The number of thiophene rings is 1. The van der Waals surface area contributed by atoms with Crippen molar-refractivity contribution in [3.05, 3.63) is 21.4 Å². The Balaban J connectivity index is 2.05. The minimum Gasteiger partial charge on any atom is -0.353 e. The van der Waals surface area contributed by atoms with Crippen molar-refractivity contribution in [1.29, 1.82) is 0 Å². The number of nitrogens with zero attached hydrogens (tertiary/aromatic N) is 1. The second-order valence-electron chi connectivity index (χ2n) is 6.22. The van der Waals surface area contributed by atoms with Crippen molar-refractivity contribution in [3.8, 4) is 0 Å². The highest BCUT2D eigenvalue weighted by atomic mass is 32.1. The molecule has 0 fully saturated rings. The Bertz CT molecular complexity index is 547. The molecule has 1 N–H and O–H groups in total. The van der Waals surface area contributed by atoms with Crippen LogP contribution in [0.3, 0.4) is 0 Å². The molecule has 1 heterocycles. The molecule has 2 rings (SSSR count). The molecule has 1 aliphatic carbocycles. The monoisotopic (exact) mass is 322 g/mol. The molecule has 5 heteroatoms. The van der Waals surface area contributed by atoms with Crippen LogP contribution in [0.15, 0.2) is 6.07 Å². The van der Waals surface area contributed by atoms with Crippen LogP contribution < -0.4 is 5.32 Å². The smallest absolute Gasteiger partial charge is 0.263 e. The SMILES string of the molecule is CCC(CC)NC(=O)C1CCc2sc(C(=O)N(C)C)cc2C1. The topological polar surface area (TPSA) is 49.4 Å². The van der Waals surface area contributed by atoms with E-state index in [2.05, 4.69) is 19.2 Å². The van der Waals surface area contributed by atoms with E-state index in [9.17, 15) is 9.59 Å². The summed E-state index contributed by atoms with van der Waals surface area (Å²) >= 11 is 1.59. The number of aryl methyl sites for hydroxylation is 1. The second-order valence-corrected chi connectivity index (χ2v) is 7.36. The van der Waals surface area contributed by atoms with Crippen LogP contribution in [0.25, 0.3) is 0 Å². The van der Waals surface area contributed by atoms with E-state index in [1.165, 1.54) is 10.4 Å². The summed E-state index contributed by atoms with van der Waals surface area (Å²) in [4.78, 5) is 28.1. The Morgan fingerprint density at radius 2 is 2.05 bits per heavy atom. The van der Waals surface area contributed by atoms with Gasteiger partial charge in [-0.3, -0.25) is 9.59 Å². The van der Waals surface area contributed by atoms with Crippen molar-refractivity contribution >= 4 is 23.2 Å². The molecule has 1 aliphatic rings. The predicted octanol–water partition coefficient (Wildman–Crippen LogP) is 2.86. The van der Waals surface area contributed by atoms with Crippen LogP contribution in [0, 0.1) is 5.92 Å². The van der Waals surface area contributed by atoms with Crippen LogP contribution in [0.2, 0.25) is 0 Å². The molecule has 2 amide bonds. The molecular formula is C17H26N2O2S. The third kappa shape index (κ3) is 3.69. The molecule has 1 unspecified atom stereocenters. The number of carbonyl (C=O) groups excluding carboxylic acids is 2. The number of carbonyl (C=O) groups is 2. The Morgan fingerprint density at radius 3 is 2.64 bits per heavy atom. The number of fused-ring (bicyclic) bond motifs is 1. The van der Waals surface area contributed by atoms with Gasteiger partial charge in [-0.25, -0.2) is 0 Å².